The normalized spacial score (nSPS) is 20.7. The van der Waals surface area contributed by atoms with Crippen LogP contribution in [0.2, 0.25) is 0 Å². The summed E-state index contributed by atoms with van der Waals surface area (Å²) >= 11 is 0. The molecule has 3 rings (SSSR count). The molecule has 2 atom stereocenters. The maximum Gasteiger partial charge on any atom is 0.416 e. The SMILES string of the molecule is O=C(CN(c1cccc(O)c1)C1CS(=O)(=O)CC1O)Nc1cccc(C(F)(F)F)c1. The molecule has 2 aromatic carbocycles. The molecule has 0 aliphatic carbocycles. The molecule has 30 heavy (non-hydrogen) atoms. The van der Waals surface area contributed by atoms with Crippen molar-refractivity contribution >= 4 is 27.1 Å². The number of phenolic OH excluding ortho intramolecular Hbond substituents is 1. The highest BCUT2D eigenvalue weighted by atomic mass is 32.2. The van der Waals surface area contributed by atoms with Gasteiger partial charge < -0.3 is 20.4 Å². The number of halogens is 3. The van der Waals surface area contributed by atoms with Crippen molar-refractivity contribution in [2.45, 2.75) is 18.3 Å². The first-order valence-electron chi connectivity index (χ1n) is 8.86. The third kappa shape index (κ3) is 5.22. The van der Waals surface area contributed by atoms with E-state index in [2.05, 4.69) is 5.32 Å². The number of nitrogens with zero attached hydrogens (tertiary/aromatic N) is 1. The fraction of sp³-hybridized carbons (Fsp3) is 0.316. The lowest BCUT2D eigenvalue weighted by atomic mass is 10.1. The largest absolute Gasteiger partial charge is 0.508 e. The quantitative estimate of drug-likeness (QED) is 0.652. The number of aromatic hydroxyl groups is 1. The molecule has 2 unspecified atom stereocenters. The van der Waals surface area contributed by atoms with Gasteiger partial charge in [-0.25, -0.2) is 8.42 Å². The van der Waals surface area contributed by atoms with Crippen LogP contribution in [-0.4, -0.2) is 54.7 Å². The van der Waals surface area contributed by atoms with Crippen molar-refractivity contribution in [2.75, 3.05) is 28.3 Å². The lowest BCUT2D eigenvalue weighted by Crippen LogP contribution is -2.47. The molecule has 2 aromatic rings. The van der Waals surface area contributed by atoms with E-state index in [4.69, 9.17) is 0 Å². The average Bonchev–Trinajstić information content (AvgIpc) is 2.91. The minimum absolute atomic E-state index is 0.0784. The molecular formula is C19H19F3N2O5S. The number of aliphatic hydroxyl groups excluding tert-OH is 1. The van der Waals surface area contributed by atoms with Crippen LogP contribution in [0, 0.1) is 0 Å². The summed E-state index contributed by atoms with van der Waals surface area (Å²) in [6.45, 7) is -0.447. The molecule has 7 nitrogen and oxygen atoms in total. The van der Waals surface area contributed by atoms with Gasteiger partial charge in [0.25, 0.3) is 0 Å². The van der Waals surface area contributed by atoms with Gasteiger partial charge in [-0.2, -0.15) is 13.2 Å². The predicted molar refractivity (Wildman–Crippen MR) is 104 cm³/mol. The highest BCUT2D eigenvalue weighted by Crippen LogP contribution is 2.31. The number of carbonyl (C=O) groups is 1. The molecule has 0 saturated carbocycles. The van der Waals surface area contributed by atoms with Crippen LogP contribution in [0.15, 0.2) is 48.5 Å². The summed E-state index contributed by atoms with van der Waals surface area (Å²) in [7, 11) is -3.54. The van der Waals surface area contributed by atoms with Gasteiger partial charge in [0, 0.05) is 17.4 Å². The van der Waals surface area contributed by atoms with E-state index >= 15 is 0 Å². The summed E-state index contributed by atoms with van der Waals surface area (Å²) in [5, 5.41) is 22.3. The molecule has 3 N–H and O–H groups in total. The van der Waals surface area contributed by atoms with Crippen LogP contribution < -0.4 is 10.2 Å². The van der Waals surface area contributed by atoms with Gasteiger partial charge >= 0.3 is 6.18 Å². The molecule has 0 aromatic heterocycles. The fourth-order valence-electron chi connectivity index (χ4n) is 3.31. The standard InChI is InChI=1S/C19H19F3N2O5S/c20-19(21,22)12-3-1-4-13(7-12)23-18(27)9-24(14-5-2-6-15(25)8-14)16-10-30(28,29)11-17(16)26/h1-8,16-17,25-26H,9-11H2,(H,23,27). The number of sulfone groups is 1. The third-order valence-electron chi connectivity index (χ3n) is 4.64. The third-order valence-corrected chi connectivity index (χ3v) is 6.34. The van der Waals surface area contributed by atoms with Crippen LogP contribution in [0.3, 0.4) is 0 Å². The molecule has 0 bridgehead atoms. The van der Waals surface area contributed by atoms with Gasteiger partial charge in [-0.15, -0.1) is 0 Å². The van der Waals surface area contributed by atoms with Crippen molar-refractivity contribution in [3.63, 3.8) is 0 Å². The zero-order valence-electron chi connectivity index (χ0n) is 15.5. The Morgan fingerprint density at radius 1 is 1.13 bits per heavy atom. The first-order valence-corrected chi connectivity index (χ1v) is 10.7. The van der Waals surface area contributed by atoms with Gasteiger partial charge in [0.1, 0.15) is 5.75 Å². The second-order valence-electron chi connectivity index (χ2n) is 6.99. The predicted octanol–water partition coefficient (Wildman–Crippen LogP) is 2.01. The van der Waals surface area contributed by atoms with Crippen molar-refractivity contribution in [1.82, 2.24) is 0 Å². The lowest BCUT2D eigenvalue weighted by Gasteiger charge is -2.31. The van der Waals surface area contributed by atoms with E-state index in [1.54, 1.807) is 0 Å². The Morgan fingerprint density at radius 2 is 1.83 bits per heavy atom. The van der Waals surface area contributed by atoms with Crippen molar-refractivity contribution in [2.24, 2.45) is 0 Å². The maximum absolute atomic E-state index is 12.9. The molecular weight excluding hydrogens is 425 g/mol. The Bertz CT molecular complexity index is 1040. The Morgan fingerprint density at radius 3 is 2.43 bits per heavy atom. The number of rotatable bonds is 5. The van der Waals surface area contributed by atoms with Gasteiger partial charge in [-0.1, -0.05) is 12.1 Å². The number of alkyl halides is 3. The number of hydrogen-bond donors (Lipinski definition) is 3. The number of hydrogen-bond acceptors (Lipinski definition) is 6. The van der Waals surface area contributed by atoms with Crippen molar-refractivity contribution in [3.8, 4) is 5.75 Å². The number of nitrogens with one attached hydrogen (secondary N) is 1. The molecule has 1 amide bonds. The van der Waals surface area contributed by atoms with Crippen LogP contribution in [-0.2, 0) is 20.8 Å². The summed E-state index contributed by atoms with van der Waals surface area (Å²) in [6, 6.07) is 8.83. The highest BCUT2D eigenvalue weighted by Gasteiger charge is 2.41. The minimum atomic E-state index is -4.57. The molecule has 1 aliphatic heterocycles. The topological polar surface area (TPSA) is 107 Å². The summed E-state index contributed by atoms with van der Waals surface area (Å²) in [5.74, 6) is -1.72. The number of anilines is 2. The van der Waals surface area contributed by atoms with Gasteiger partial charge in [-0.3, -0.25) is 4.79 Å². The smallest absolute Gasteiger partial charge is 0.416 e. The monoisotopic (exact) mass is 444 g/mol. The van der Waals surface area contributed by atoms with E-state index in [0.717, 1.165) is 18.2 Å². The molecule has 11 heteroatoms. The fourth-order valence-corrected chi connectivity index (χ4v) is 5.11. The van der Waals surface area contributed by atoms with E-state index in [-0.39, 0.29) is 17.1 Å². The molecule has 162 valence electrons. The average molecular weight is 444 g/mol. The second-order valence-corrected chi connectivity index (χ2v) is 9.14. The Kier molecular flexibility index (Phi) is 5.95. The van der Waals surface area contributed by atoms with Crippen LogP contribution in [0.5, 0.6) is 5.75 Å². The van der Waals surface area contributed by atoms with E-state index in [9.17, 15) is 36.6 Å². The minimum Gasteiger partial charge on any atom is -0.508 e. The number of benzene rings is 2. The summed E-state index contributed by atoms with van der Waals surface area (Å²) in [4.78, 5) is 13.9. The summed E-state index contributed by atoms with van der Waals surface area (Å²) in [6.07, 6.45) is -5.84. The first-order chi connectivity index (χ1) is 13.9. The van der Waals surface area contributed by atoms with E-state index in [1.165, 1.54) is 35.2 Å². The number of aliphatic hydroxyl groups is 1. The van der Waals surface area contributed by atoms with Gasteiger partial charge in [0.15, 0.2) is 9.84 Å². The zero-order valence-corrected chi connectivity index (χ0v) is 16.3. The van der Waals surface area contributed by atoms with Gasteiger partial charge in [-0.05, 0) is 30.3 Å². The summed E-state index contributed by atoms with van der Waals surface area (Å²) in [5.41, 5.74) is -0.719. The van der Waals surface area contributed by atoms with Crippen molar-refractivity contribution in [3.05, 3.63) is 54.1 Å². The lowest BCUT2D eigenvalue weighted by molar-refractivity contribution is -0.137. The number of amides is 1. The Labute approximate surface area is 170 Å². The van der Waals surface area contributed by atoms with Crippen LogP contribution in [0.1, 0.15) is 5.56 Å². The molecule has 1 aliphatic rings. The molecule has 0 spiro atoms. The molecule has 0 radical (unpaired) electrons. The van der Waals surface area contributed by atoms with Gasteiger partial charge in [0.05, 0.1) is 35.8 Å². The van der Waals surface area contributed by atoms with E-state index < -0.39 is 57.7 Å². The molecule has 1 heterocycles. The second kappa shape index (κ2) is 8.15. The van der Waals surface area contributed by atoms with E-state index in [0.29, 0.717) is 0 Å². The van der Waals surface area contributed by atoms with E-state index in [1.807, 2.05) is 0 Å². The Hall–Kier alpha value is -2.79. The zero-order chi connectivity index (χ0) is 22.1. The number of carbonyl (C=O) groups excluding carboxylic acids is 1. The highest BCUT2D eigenvalue weighted by molar-refractivity contribution is 7.91. The van der Waals surface area contributed by atoms with Crippen molar-refractivity contribution in [1.29, 1.82) is 0 Å². The van der Waals surface area contributed by atoms with Gasteiger partial charge in [0.2, 0.25) is 5.91 Å². The summed E-state index contributed by atoms with van der Waals surface area (Å²) < 4.78 is 62.4. The Balaban J connectivity index is 1.84. The maximum atomic E-state index is 12.9. The van der Waals surface area contributed by atoms with Crippen molar-refractivity contribution < 1.29 is 36.6 Å². The first kappa shape index (κ1) is 21.9. The number of phenols is 1. The van der Waals surface area contributed by atoms with Crippen LogP contribution in [0.4, 0.5) is 24.5 Å². The molecule has 1 fully saturated rings. The van der Waals surface area contributed by atoms with Crippen LogP contribution in [0.25, 0.3) is 0 Å². The van der Waals surface area contributed by atoms with Crippen LogP contribution >= 0.6 is 0 Å². The molecule has 1 saturated heterocycles.